The Labute approximate surface area is 191 Å². The third-order valence-electron chi connectivity index (χ3n) is 5.14. The van der Waals surface area contributed by atoms with E-state index in [0.717, 1.165) is 0 Å². The Morgan fingerprint density at radius 2 is 1.70 bits per heavy atom. The van der Waals surface area contributed by atoms with Gasteiger partial charge in [-0.1, -0.05) is 18.2 Å². The van der Waals surface area contributed by atoms with E-state index in [-0.39, 0.29) is 24.3 Å². The minimum atomic E-state index is -0.734. The standard InChI is InChI=1S/C25H23N3O5/c1-16-25(31)28(15-23(29)26-18-6-4-3-5-7-18)21-14-19(10-13-22(21)33-16)27-24(30)17-8-11-20(32-2)12-9-17/h3-14,16H,15H2,1-2H3,(H,26,29)(H,27,30). The number of carbonyl (C=O) groups is 3. The van der Waals surface area contributed by atoms with Gasteiger partial charge in [0.05, 0.1) is 12.8 Å². The van der Waals surface area contributed by atoms with E-state index in [1.54, 1.807) is 68.6 Å². The molecule has 1 unspecified atom stereocenters. The molecule has 0 radical (unpaired) electrons. The van der Waals surface area contributed by atoms with Crippen LogP contribution in [0.1, 0.15) is 17.3 Å². The molecular weight excluding hydrogens is 422 g/mol. The molecule has 1 aliphatic heterocycles. The van der Waals surface area contributed by atoms with Crippen molar-refractivity contribution in [3.05, 3.63) is 78.4 Å². The number of carbonyl (C=O) groups excluding carboxylic acids is 3. The van der Waals surface area contributed by atoms with Gasteiger partial charge in [0.25, 0.3) is 11.8 Å². The first-order valence-electron chi connectivity index (χ1n) is 10.4. The van der Waals surface area contributed by atoms with Gasteiger partial charge in [-0.15, -0.1) is 0 Å². The van der Waals surface area contributed by atoms with Crippen molar-refractivity contribution in [3.8, 4) is 11.5 Å². The first-order chi connectivity index (χ1) is 15.9. The zero-order chi connectivity index (χ0) is 23.4. The fourth-order valence-electron chi connectivity index (χ4n) is 3.46. The lowest BCUT2D eigenvalue weighted by atomic mass is 10.1. The van der Waals surface area contributed by atoms with Crippen LogP contribution in [0.25, 0.3) is 0 Å². The maximum absolute atomic E-state index is 12.8. The predicted molar refractivity (Wildman–Crippen MR) is 125 cm³/mol. The zero-order valence-electron chi connectivity index (χ0n) is 18.2. The van der Waals surface area contributed by atoms with Gasteiger partial charge < -0.3 is 20.1 Å². The number of nitrogens with zero attached hydrogens (tertiary/aromatic N) is 1. The molecule has 3 aromatic rings. The van der Waals surface area contributed by atoms with E-state index in [9.17, 15) is 14.4 Å². The van der Waals surface area contributed by atoms with E-state index in [2.05, 4.69) is 10.6 Å². The van der Waals surface area contributed by atoms with Gasteiger partial charge in [0.15, 0.2) is 6.10 Å². The Morgan fingerprint density at radius 1 is 0.970 bits per heavy atom. The number of para-hydroxylation sites is 1. The first-order valence-corrected chi connectivity index (χ1v) is 10.4. The molecule has 3 aromatic carbocycles. The maximum Gasteiger partial charge on any atom is 0.268 e. The van der Waals surface area contributed by atoms with Crippen molar-refractivity contribution >= 4 is 34.8 Å². The molecule has 8 heteroatoms. The van der Waals surface area contributed by atoms with E-state index in [1.165, 1.54) is 4.90 Å². The molecule has 3 amide bonds. The molecule has 2 N–H and O–H groups in total. The second kappa shape index (κ2) is 9.44. The number of hydrogen-bond acceptors (Lipinski definition) is 5. The van der Waals surface area contributed by atoms with Crippen LogP contribution < -0.4 is 25.0 Å². The number of anilines is 3. The molecule has 0 saturated carbocycles. The average molecular weight is 445 g/mol. The Bertz CT molecular complexity index is 1180. The third-order valence-corrected chi connectivity index (χ3v) is 5.14. The molecule has 0 bridgehead atoms. The van der Waals surface area contributed by atoms with Gasteiger partial charge in [0.1, 0.15) is 18.0 Å². The summed E-state index contributed by atoms with van der Waals surface area (Å²) in [5, 5.41) is 5.59. The average Bonchev–Trinajstić information content (AvgIpc) is 2.83. The molecule has 0 spiro atoms. The van der Waals surface area contributed by atoms with Crippen LogP contribution in [0, 0.1) is 0 Å². The van der Waals surface area contributed by atoms with Crippen molar-refractivity contribution in [1.29, 1.82) is 0 Å². The highest BCUT2D eigenvalue weighted by molar-refractivity contribution is 6.08. The molecule has 1 aliphatic rings. The van der Waals surface area contributed by atoms with Gasteiger partial charge >= 0.3 is 0 Å². The number of ether oxygens (including phenoxy) is 2. The first kappa shape index (κ1) is 21.9. The highest BCUT2D eigenvalue weighted by atomic mass is 16.5. The van der Waals surface area contributed by atoms with Gasteiger partial charge in [0, 0.05) is 16.9 Å². The molecule has 0 fully saturated rings. The second-order valence-corrected chi connectivity index (χ2v) is 7.46. The zero-order valence-corrected chi connectivity index (χ0v) is 18.2. The number of fused-ring (bicyclic) bond motifs is 1. The van der Waals surface area contributed by atoms with E-state index in [1.807, 2.05) is 18.2 Å². The van der Waals surface area contributed by atoms with Gasteiger partial charge in [0.2, 0.25) is 5.91 Å². The number of rotatable bonds is 6. The maximum atomic E-state index is 12.8. The van der Waals surface area contributed by atoms with E-state index in [0.29, 0.717) is 34.1 Å². The molecule has 1 heterocycles. The summed E-state index contributed by atoms with van der Waals surface area (Å²) in [5.74, 6) is 0.0978. The molecule has 33 heavy (non-hydrogen) atoms. The summed E-state index contributed by atoms with van der Waals surface area (Å²) in [6, 6.07) is 20.7. The van der Waals surface area contributed by atoms with Crippen molar-refractivity contribution in [2.75, 3.05) is 29.2 Å². The van der Waals surface area contributed by atoms with Crippen LogP contribution in [0.3, 0.4) is 0 Å². The normalized spacial score (nSPS) is 14.7. The summed E-state index contributed by atoms with van der Waals surface area (Å²) in [6.45, 7) is 1.44. The highest BCUT2D eigenvalue weighted by Crippen LogP contribution is 2.36. The van der Waals surface area contributed by atoms with Gasteiger partial charge in [-0.25, -0.2) is 0 Å². The molecule has 8 nitrogen and oxygen atoms in total. The number of methoxy groups -OCH3 is 1. The lowest BCUT2D eigenvalue weighted by molar-refractivity contribution is -0.127. The highest BCUT2D eigenvalue weighted by Gasteiger charge is 2.33. The minimum absolute atomic E-state index is 0.190. The summed E-state index contributed by atoms with van der Waals surface area (Å²) < 4.78 is 10.8. The van der Waals surface area contributed by atoms with Crippen LogP contribution in [-0.2, 0) is 9.59 Å². The number of hydrogen-bond donors (Lipinski definition) is 2. The summed E-state index contributed by atoms with van der Waals surface area (Å²) in [7, 11) is 1.55. The van der Waals surface area contributed by atoms with Gasteiger partial charge in [-0.05, 0) is 61.5 Å². The quantitative estimate of drug-likeness (QED) is 0.603. The van der Waals surface area contributed by atoms with E-state index in [4.69, 9.17) is 9.47 Å². The number of amides is 3. The SMILES string of the molecule is COc1ccc(C(=O)Nc2ccc3c(c2)N(CC(=O)Nc2ccccc2)C(=O)C(C)O3)cc1. The topological polar surface area (TPSA) is 97.0 Å². The third kappa shape index (κ3) is 4.95. The van der Waals surface area contributed by atoms with Crippen molar-refractivity contribution in [3.63, 3.8) is 0 Å². The fraction of sp³-hybridized carbons (Fsp3) is 0.160. The predicted octanol–water partition coefficient (Wildman–Crippen LogP) is 3.70. The Kier molecular flexibility index (Phi) is 6.26. The van der Waals surface area contributed by atoms with Crippen molar-refractivity contribution < 1.29 is 23.9 Å². The molecule has 0 aliphatic carbocycles. The molecule has 4 rings (SSSR count). The van der Waals surface area contributed by atoms with Crippen molar-refractivity contribution in [2.45, 2.75) is 13.0 Å². The minimum Gasteiger partial charge on any atom is -0.497 e. The fourth-order valence-corrected chi connectivity index (χ4v) is 3.46. The Morgan fingerprint density at radius 3 is 2.39 bits per heavy atom. The number of benzene rings is 3. The number of nitrogens with one attached hydrogen (secondary N) is 2. The largest absolute Gasteiger partial charge is 0.497 e. The van der Waals surface area contributed by atoms with Crippen LogP contribution in [0.2, 0.25) is 0 Å². The molecular formula is C25H23N3O5. The van der Waals surface area contributed by atoms with Crippen LogP contribution in [0.15, 0.2) is 72.8 Å². The Hall–Kier alpha value is -4.33. The van der Waals surface area contributed by atoms with Crippen LogP contribution in [0.4, 0.5) is 17.1 Å². The van der Waals surface area contributed by atoms with E-state index >= 15 is 0 Å². The smallest absolute Gasteiger partial charge is 0.268 e. The summed E-state index contributed by atoms with van der Waals surface area (Å²) >= 11 is 0. The summed E-state index contributed by atoms with van der Waals surface area (Å²) in [6.07, 6.45) is -0.734. The van der Waals surface area contributed by atoms with Crippen LogP contribution in [0.5, 0.6) is 11.5 Å². The lowest BCUT2D eigenvalue weighted by Gasteiger charge is -2.33. The molecule has 0 aromatic heterocycles. The summed E-state index contributed by atoms with van der Waals surface area (Å²) in [5.41, 5.74) is 1.97. The van der Waals surface area contributed by atoms with Crippen LogP contribution >= 0.6 is 0 Å². The van der Waals surface area contributed by atoms with E-state index < -0.39 is 6.10 Å². The van der Waals surface area contributed by atoms with Crippen molar-refractivity contribution in [1.82, 2.24) is 0 Å². The molecule has 0 saturated heterocycles. The van der Waals surface area contributed by atoms with Crippen LogP contribution in [-0.4, -0.2) is 37.5 Å². The molecule has 1 atom stereocenters. The van der Waals surface area contributed by atoms with Crippen molar-refractivity contribution in [2.24, 2.45) is 0 Å². The summed E-state index contributed by atoms with van der Waals surface area (Å²) in [4.78, 5) is 39.4. The molecule has 168 valence electrons. The Balaban J connectivity index is 1.54. The van der Waals surface area contributed by atoms with Gasteiger partial charge in [-0.2, -0.15) is 0 Å². The monoisotopic (exact) mass is 445 g/mol. The van der Waals surface area contributed by atoms with Gasteiger partial charge in [-0.3, -0.25) is 19.3 Å². The lowest BCUT2D eigenvalue weighted by Crippen LogP contribution is -2.47. The second-order valence-electron chi connectivity index (χ2n) is 7.46.